The predicted octanol–water partition coefficient (Wildman–Crippen LogP) is 1.43. The zero-order valence-corrected chi connectivity index (χ0v) is 11.4. The molecule has 2 rings (SSSR count). The van der Waals surface area contributed by atoms with Crippen LogP contribution in [0.15, 0.2) is 12.3 Å². The second-order valence-electron chi connectivity index (χ2n) is 4.38. The van der Waals surface area contributed by atoms with Crippen molar-refractivity contribution in [3.05, 3.63) is 21.5 Å². The van der Waals surface area contributed by atoms with Gasteiger partial charge >= 0.3 is 0 Å². The highest BCUT2D eigenvalue weighted by Gasteiger charge is 2.32. The monoisotopic (exact) mass is 333 g/mol. The highest BCUT2D eigenvalue weighted by Crippen LogP contribution is 2.24. The smallest absolute Gasteiger partial charge is 0.270 e. The maximum Gasteiger partial charge on any atom is 0.270 e. The molecule has 1 aromatic heterocycles. The maximum atomic E-state index is 12.2. The molecule has 1 aliphatic heterocycles. The molecule has 2 unspecified atom stereocenters. The van der Waals surface area contributed by atoms with E-state index in [1.807, 2.05) is 17.2 Å². The first-order valence-electron chi connectivity index (χ1n) is 5.46. The number of hydrogen-bond acceptors (Lipinski definition) is 2. The first-order chi connectivity index (χ1) is 7.61. The van der Waals surface area contributed by atoms with E-state index in [-0.39, 0.29) is 5.91 Å². The molecule has 4 nitrogen and oxygen atoms in total. The summed E-state index contributed by atoms with van der Waals surface area (Å²) in [7, 11) is 0. The van der Waals surface area contributed by atoms with Crippen LogP contribution in [0, 0.1) is 9.49 Å². The van der Waals surface area contributed by atoms with Crippen LogP contribution >= 0.6 is 22.6 Å². The van der Waals surface area contributed by atoms with Gasteiger partial charge in [-0.25, -0.2) is 0 Å². The topological polar surface area (TPSA) is 62.1 Å². The lowest BCUT2D eigenvalue weighted by molar-refractivity contribution is 0.0738. The maximum absolute atomic E-state index is 12.2. The number of carbonyl (C=O) groups is 1. The summed E-state index contributed by atoms with van der Waals surface area (Å²) in [5.41, 5.74) is 6.33. The molecule has 16 heavy (non-hydrogen) atoms. The molecule has 1 saturated heterocycles. The summed E-state index contributed by atoms with van der Waals surface area (Å²) < 4.78 is 1.06. The number of amides is 1. The van der Waals surface area contributed by atoms with Crippen molar-refractivity contribution < 1.29 is 4.79 Å². The Bertz CT molecular complexity index is 390. The minimum atomic E-state index is 0.0892. The number of H-pyrrole nitrogens is 1. The first kappa shape index (κ1) is 11.9. The molecule has 1 amide bonds. The van der Waals surface area contributed by atoms with Crippen LogP contribution in [0.25, 0.3) is 0 Å². The lowest BCUT2D eigenvalue weighted by Gasteiger charge is -2.20. The molecule has 0 spiro atoms. The van der Waals surface area contributed by atoms with E-state index in [4.69, 9.17) is 5.73 Å². The van der Waals surface area contributed by atoms with Crippen LogP contribution in [0.2, 0.25) is 0 Å². The fourth-order valence-electron chi connectivity index (χ4n) is 2.24. The van der Waals surface area contributed by atoms with E-state index in [0.29, 0.717) is 24.2 Å². The Hall–Kier alpha value is -0.560. The number of nitrogens with one attached hydrogen (secondary N) is 1. The molecule has 1 aromatic rings. The van der Waals surface area contributed by atoms with E-state index < -0.39 is 0 Å². The highest BCUT2D eigenvalue weighted by atomic mass is 127. The SMILES string of the molecule is CC1CC(CN)CN1C(=O)c1cc(I)c[nH]1. The Labute approximate surface area is 109 Å². The number of nitrogens with two attached hydrogens (primary N) is 1. The zero-order chi connectivity index (χ0) is 11.7. The minimum Gasteiger partial charge on any atom is -0.356 e. The normalized spacial score (nSPS) is 25.1. The summed E-state index contributed by atoms with van der Waals surface area (Å²) in [4.78, 5) is 17.1. The van der Waals surface area contributed by atoms with Gasteiger partial charge in [-0.05, 0) is 54.5 Å². The summed E-state index contributed by atoms with van der Waals surface area (Å²) in [5, 5.41) is 0. The van der Waals surface area contributed by atoms with Gasteiger partial charge in [-0.3, -0.25) is 4.79 Å². The van der Waals surface area contributed by atoms with Crippen molar-refractivity contribution in [3.8, 4) is 0 Å². The quantitative estimate of drug-likeness (QED) is 0.805. The Kier molecular flexibility index (Phi) is 3.53. The van der Waals surface area contributed by atoms with Gasteiger partial charge in [0.25, 0.3) is 5.91 Å². The molecule has 0 aromatic carbocycles. The highest BCUT2D eigenvalue weighted by molar-refractivity contribution is 14.1. The second kappa shape index (κ2) is 4.75. The van der Waals surface area contributed by atoms with Crippen LogP contribution in [0.1, 0.15) is 23.8 Å². The average Bonchev–Trinajstić information content (AvgIpc) is 2.83. The molecule has 0 radical (unpaired) electrons. The van der Waals surface area contributed by atoms with Crippen LogP contribution in [0.4, 0.5) is 0 Å². The van der Waals surface area contributed by atoms with Crippen LogP contribution in [-0.2, 0) is 0 Å². The van der Waals surface area contributed by atoms with E-state index in [1.54, 1.807) is 0 Å². The van der Waals surface area contributed by atoms with Gasteiger partial charge in [0.05, 0.1) is 0 Å². The van der Waals surface area contributed by atoms with E-state index in [9.17, 15) is 4.79 Å². The summed E-state index contributed by atoms with van der Waals surface area (Å²) in [6.45, 7) is 3.53. The van der Waals surface area contributed by atoms with Crippen LogP contribution in [-0.4, -0.2) is 34.9 Å². The number of rotatable bonds is 2. The van der Waals surface area contributed by atoms with Gasteiger partial charge < -0.3 is 15.6 Å². The van der Waals surface area contributed by atoms with E-state index in [1.165, 1.54) is 0 Å². The first-order valence-corrected chi connectivity index (χ1v) is 6.54. The van der Waals surface area contributed by atoms with Gasteiger partial charge in [-0.2, -0.15) is 0 Å². The van der Waals surface area contributed by atoms with Gasteiger partial charge in [0, 0.05) is 22.4 Å². The Morgan fingerprint density at radius 2 is 2.50 bits per heavy atom. The lowest BCUT2D eigenvalue weighted by Crippen LogP contribution is -2.34. The molecular weight excluding hydrogens is 317 g/mol. The van der Waals surface area contributed by atoms with Crippen molar-refractivity contribution in [1.82, 2.24) is 9.88 Å². The van der Waals surface area contributed by atoms with E-state index in [2.05, 4.69) is 34.5 Å². The van der Waals surface area contributed by atoms with Gasteiger partial charge in [0.15, 0.2) is 0 Å². The summed E-state index contributed by atoms with van der Waals surface area (Å²) >= 11 is 2.19. The molecule has 88 valence electrons. The van der Waals surface area contributed by atoms with Gasteiger partial charge in [0.1, 0.15) is 5.69 Å². The predicted molar refractivity (Wildman–Crippen MR) is 71.2 cm³/mol. The number of likely N-dealkylation sites (tertiary alicyclic amines) is 1. The second-order valence-corrected chi connectivity index (χ2v) is 5.62. The third kappa shape index (κ3) is 2.24. The van der Waals surface area contributed by atoms with Crippen LogP contribution < -0.4 is 5.73 Å². The molecule has 0 aliphatic carbocycles. The summed E-state index contributed by atoms with van der Waals surface area (Å²) in [6, 6.07) is 2.17. The third-order valence-corrected chi connectivity index (χ3v) is 3.76. The molecule has 2 heterocycles. The van der Waals surface area contributed by atoms with Gasteiger partial charge in [0.2, 0.25) is 0 Å². The fourth-order valence-corrected chi connectivity index (χ4v) is 2.71. The number of hydrogen-bond donors (Lipinski definition) is 2. The summed E-state index contributed by atoms with van der Waals surface area (Å²) in [5.74, 6) is 0.541. The van der Waals surface area contributed by atoms with Crippen molar-refractivity contribution in [2.24, 2.45) is 11.7 Å². The number of halogens is 1. The number of carbonyl (C=O) groups excluding carboxylic acids is 1. The van der Waals surface area contributed by atoms with Gasteiger partial charge in [-0.15, -0.1) is 0 Å². The molecule has 0 bridgehead atoms. The van der Waals surface area contributed by atoms with Crippen LogP contribution in [0.5, 0.6) is 0 Å². The molecule has 0 saturated carbocycles. The van der Waals surface area contributed by atoms with E-state index in [0.717, 1.165) is 16.5 Å². The summed E-state index contributed by atoms with van der Waals surface area (Å²) in [6.07, 6.45) is 2.86. The Balaban J connectivity index is 2.11. The molecule has 1 aliphatic rings. The number of aromatic amines is 1. The number of aromatic nitrogens is 1. The molecule has 3 N–H and O–H groups in total. The molecule has 2 atom stereocenters. The molecule has 1 fully saturated rings. The van der Waals surface area contributed by atoms with E-state index >= 15 is 0 Å². The van der Waals surface area contributed by atoms with Crippen molar-refractivity contribution in [2.45, 2.75) is 19.4 Å². The fraction of sp³-hybridized carbons (Fsp3) is 0.545. The third-order valence-electron chi connectivity index (χ3n) is 3.13. The standard InChI is InChI=1S/C11H16IN3O/c1-7-2-8(4-13)6-15(7)11(16)10-3-9(12)5-14-10/h3,5,7-8,14H,2,4,6,13H2,1H3. The Morgan fingerprint density at radius 3 is 3.00 bits per heavy atom. The van der Waals surface area contributed by atoms with Crippen LogP contribution in [0.3, 0.4) is 0 Å². The minimum absolute atomic E-state index is 0.0892. The van der Waals surface area contributed by atoms with Crippen molar-refractivity contribution >= 4 is 28.5 Å². The molecular formula is C11H16IN3O. The lowest BCUT2D eigenvalue weighted by atomic mass is 10.1. The largest absolute Gasteiger partial charge is 0.356 e. The Morgan fingerprint density at radius 1 is 1.75 bits per heavy atom. The number of nitrogens with zero attached hydrogens (tertiary/aromatic N) is 1. The van der Waals surface area contributed by atoms with Crippen molar-refractivity contribution in [2.75, 3.05) is 13.1 Å². The molecule has 5 heteroatoms. The average molecular weight is 333 g/mol. The van der Waals surface area contributed by atoms with Gasteiger partial charge in [-0.1, -0.05) is 0 Å². The van der Waals surface area contributed by atoms with Crippen molar-refractivity contribution in [3.63, 3.8) is 0 Å². The zero-order valence-electron chi connectivity index (χ0n) is 9.24. The van der Waals surface area contributed by atoms with Crippen molar-refractivity contribution in [1.29, 1.82) is 0 Å².